The molecule has 1 aromatic rings. The molecule has 0 bridgehead atoms. The summed E-state index contributed by atoms with van der Waals surface area (Å²) < 4.78 is 1.17. The second-order valence-electron chi connectivity index (χ2n) is 3.33. The van der Waals surface area contributed by atoms with Crippen molar-refractivity contribution in [2.24, 2.45) is 0 Å². The third-order valence-electron chi connectivity index (χ3n) is 2.36. The van der Waals surface area contributed by atoms with Crippen molar-refractivity contribution in [3.63, 3.8) is 0 Å². The van der Waals surface area contributed by atoms with Crippen molar-refractivity contribution < 1.29 is 0 Å². The lowest BCUT2D eigenvalue weighted by atomic mass is 10.3. The highest BCUT2D eigenvalue weighted by atomic mass is 127. The molecule has 1 aliphatic rings. The minimum Gasteiger partial charge on any atom is -0.353 e. The normalized spacial score (nSPS) is 17.1. The van der Waals surface area contributed by atoms with Gasteiger partial charge in [0, 0.05) is 26.2 Å². The Labute approximate surface area is 97.3 Å². The van der Waals surface area contributed by atoms with E-state index in [-0.39, 0.29) is 0 Å². The van der Waals surface area contributed by atoms with Gasteiger partial charge in [-0.15, -0.1) is 0 Å². The van der Waals surface area contributed by atoms with Crippen molar-refractivity contribution >= 4 is 28.4 Å². The molecule has 0 unspecified atom stereocenters. The highest BCUT2D eigenvalue weighted by Gasteiger charge is 2.15. The van der Waals surface area contributed by atoms with E-state index in [1.165, 1.54) is 3.57 Å². The Morgan fingerprint density at radius 2 is 2.07 bits per heavy atom. The molecule has 4 nitrogen and oxygen atoms in total. The first-order valence-corrected chi connectivity index (χ1v) is 5.79. The zero-order chi connectivity index (χ0) is 9.97. The number of anilines is 1. The number of nitrogens with one attached hydrogen (secondary N) is 1. The standard InChI is InChI=1S/C9H13IN4/c1-7-8(10)9(13-6-12-7)14-4-2-11-3-5-14/h6,11H,2-5H2,1H3. The number of aryl methyl sites for hydroxylation is 1. The van der Waals surface area contributed by atoms with Crippen LogP contribution in [-0.2, 0) is 0 Å². The lowest BCUT2D eigenvalue weighted by molar-refractivity contribution is 0.583. The van der Waals surface area contributed by atoms with Crippen LogP contribution in [0.1, 0.15) is 5.69 Å². The highest BCUT2D eigenvalue weighted by molar-refractivity contribution is 14.1. The molecule has 0 amide bonds. The van der Waals surface area contributed by atoms with Crippen LogP contribution in [0.15, 0.2) is 6.33 Å². The van der Waals surface area contributed by atoms with Gasteiger partial charge in [0.2, 0.25) is 0 Å². The summed E-state index contributed by atoms with van der Waals surface area (Å²) in [6.07, 6.45) is 1.65. The van der Waals surface area contributed by atoms with Gasteiger partial charge in [0.25, 0.3) is 0 Å². The second kappa shape index (κ2) is 4.39. The van der Waals surface area contributed by atoms with Crippen LogP contribution < -0.4 is 10.2 Å². The van der Waals surface area contributed by atoms with E-state index in [0.29, 0.717) is 0 Å². The number of nitrogens with zero attached hydrogens (tertiary/aromatic N) is 3. The molecule has 2 rings (SSSR count). The Bertz CT molecular complexity index is 323. The van der Waals surface area contributed by atoms with Crippen molar-refractivity contribution in [3.05, 3.63) is 15.6 Å². The predicted octanol–water partition coefficient (Wildman–Crippen LogP) is 0.799. The molecule has 1 fully saturated rings. The van der Waals surface area contributed by atoms with Crippen molar-refractivity contribution in [2.45, 2.75) is 6.92 Å². The van der Waals surface area contributed by atoms with E-state index >= 15 is 0 Å². The number of aromatic nitrogens is 2. The molecule has 0 atom stereocenters. The monoisotopic (exact) mass is 304 g/mol. The van der Waals surface area contributed by atoms with E-state index in [9.17, 15) is 0 Å². The SMILES string of the molecule is Cc1ncnc(N2CCNCC2)c1I. The lowest BCUT2D eigenvalue weighted by Gasteiger charge is -2.29. The predicted molar refractivity (Wildman–Crippen MR) is 64.6 cm³/mol. The Morgan fingerprint density at radius 1 is 1.36 bits per heavy atom. The molecule has 76 valence electrons. The van der Waals surface area contributed by atoms with Crippen LogP contribution in [0.4, 0.5) is 5.82 Å². The highest BCUT2D eigenvalue weighted by Crippen LogP contribution is 2.21. The zero-order valence-corrected chi connectivity index (χ0v) is 10.3. The van der Waals surface area contributed by atoms with Crippen LogP contribution >= 0.6 is 22.6 Å². The number of piperazine rings is 1. The molecular weight excluding hydrogens is 291 g/mol. The average molecular weight is 304 g/mol. The lowest BCUT2D eigenvalue weighted by Crippen LogP contribution is -2.44. The van der Waals surface area contributed by atoms with E-state index in [1.807, 2.05) is 6.92 Å². The summed E-state index contributed by atoms with van der Waals surface area (Å²) in [5.41, 5.74) is 1.06. The Kier molecular flexibility index (Phi) is 3.17. The quantitative estimate of drug-likeness (QED) is 0.779. The van der Waals surface area contributed by atoms with Crippen molar-refractivity contribution in [3.8, 4) is 0 Å². The van der Waals surface area contributed by atoms with Crippen molar-refractivity contribution in [2.75, 3.05) is 31.1 Å². The van der Waals surface area contributed by atoms with E-state index in [1.54, 1.807) is 6.33 Å². The molecular formula is C9H13IN4. The minimum absolute atomic E-state index is 1.03. The summed E-state index contributed by atoms with van der Waals surface area (Å²) in [5, 5.41) is 3.33. The Morgan fingerprint density at radius 3 is 2.79 bits per heavy atom. The number of hydrogen-bond acceptors (Lipinski definition) is 4. The van der Waals surface area contributed by atoms with Crippen LogP contribution in [-0.4, -0.2) is 36.1 Å². The molecule has 0 aromatic carbocycles. The summed E-state index contributed by atoms with van der Waals surface area (Å²) >= 11 is 2.32. The maximum Gasteiger partial charge on any atom is 0.145 e. The molecule has 14 heavy (non-hydrogen) atoms. The number of rotatable bonds is 1. The fraction of sp³-hybridized carbons (Fsp3) is 0.556. The molecule has 1 aliphatic heterocycles. The Hall–Kier alpha value is -0.430. The summed E-state index contributed by atoms with van der Waals surface area (Å²) in [6, 6.07) is 0. The van der Waals surface area contributed by atoms with Gasteiger partial charge in [-0.1, -0.05) is 0 Å². The van der Waals surface area contributed by atoms with Crippen molar-refractivity contribution in [1.29, 1.82) is 0 Å². The minimum atomic E-state index is 1.03. The molecule has 2 heterocycles. The average Bonchev–Trinajstić information content (AvgIpc) is 2.23. The van der Waals surface area contributed by atoms with E-state index < -0.39 is 0 Å². The first kappa shape index (κ1) is 10.1. The molecule has 5 heteroatoms. The second-order valence-corrected chi connectivity index (χ2v) is 4.41. The van der Waals surface area contributed by atoms with Gasteiger partial charge < -0.3 is 10.2 Å². The van der Waals surface area contributed by atoms with E-state index in [4.69, 9.17) is 0 Å². The third-order valence-corrected chi connectivity index (χ3v) is 3.62. The van der Waals surface area contributed by atoms with Gasteiger partial charge in [0.1, 0.15) is 12.1 Å². The van der Waals surface area contributed by atoms with Gasteiger partial charge in [-0.25, -0.2) is 9.97 Å². The van der Waals surface area contributed by atoms with Crippen LogP contribution in [0.5, 0.6) is 0 Å². The van der Waals surface area contributed by atoms with Crippen molar-refractivity contribution in [1.82, 2.24) is 15.3 Å². The van der Waals surface area contributed by atoms with E-state index in [2.05, 4.69) is 42.8 Å². The molecule has 1 aromatic heterocycles. The molecule has 1 N–H and O–H groups in total. The molecule has 0 spiro atoms. The van der Waals surface area contributed by atoms with Gasteiger partial charge in [0.05, 0.1) is 9.26 Å². The maximum atomic E-state index is 4.34. The van der Waals surface area contributed by atoms with E-state index in [0.717, 1.165) is 37.7 Å². The fourth-order valence-electron chi connectivity index (χ4n) is 1.54. The van der Waals surface area contributed by atoms with Crippen LogP contribution in [0.2, 0.25) is 0 Å². The Balaban J connectivity index is 2.26. The maximum absolute atomic E-state index is 4.34. The summed E-state index contributed by atoms with van der Waals surface area (Å²) in [4.78, 5) is 10.8. The fourth-order valence-corrected chi connectivity index (χ4v) is 2.16. The first-order chi connectivity index (χ1) is 6.79. The molecule has 0 aliphatic carbocycles. The summed E-state index contributed by atoms with van der Waals surface area (Å²) in [5.74, 6) is 1.08. The number of hydrogen-bond donors (Lipinski definition) is 1. The summed E-state index contributed by atoms with van der Waals surface area (Å²) in [6.45, 7) is 6.17. The largest absolute Gasteiger partial charge is 0.353 e. The van der Waals surface area contributed by atoms with Gasteiger partial charge >= 0.3 is 0 Å². The van der Waals surface area contributed by atoms with Crippen LogP contribution in [0.25, 0.3) is 0 Å². The summed E-state index contributed by atoms with van der Waals surface area (Å²) in [7, 11) is 0. The molecule has 0 radical (unpaired) electrons. The molecule has 0 saturated carbocycles. The first-order valence-electron chi connectivity index (χ1n) is 4.72. The smallest absolute Gasteiger partial charge is 0.145 e. The topological polar surface area (TPSA) is 41.1 Å². The zero-order valence-electron chi connectivity index (χ0n) is 8.13. The van der Waals surface area contributed by atoms with Gasteiger partial charge in [-0.2, -0.15) is 0 Å². The third kappa shape index (κ3) is 1.98. The van der Waals surface area contributed by atoms with Gasteiger partial charge in [-0.05, 0) is 29.5 Å². The molecule has 1 saturated heterocycles. The van der Waals surface area contributed by atoms with Crippen LogP contribution in [0, 0.1) is 10.5 Å². The van der Waals surface area contributed by atoms with Crippen LogP contribution in [0.3, 0.4) is 0 Å². The number of halogens is 1. The van der Waals surface area contributed by atoms with Gasteiger partial charge in [-0.3, -0.25) is 0 Å². The van der Waals surface area contributed by atoms with Gasteiger partial charge in [0.15, 0.2) is 0 Å².